The Morgan fingerprint density at radius 2 is 1.97 bits per heavy atom. The first-order valence-corrected chi connectivity index (χ1v) is 12.3. The number of nitrogens with one attached hydrogen (secondary N) is 2. The van der Waals surface area contributed by atoms with Gasteiger partial charge in [-0.1, -0.05) is 30.4 Å². The first-order chi connectivity index (χ1) is 17.3. The molecule has 2 atom stereocenters. The predicted octanol–water partition coefficient (Wildman–Crippen LogP) is 1.73. The molecule has 0 radical (unpaired) electrons. The van der Waals surface area contributed by atoms with Gasteiger partial charge in [0.25, 0.3) is 11.8 Å². The molecule has 36 heavy (non-hydrogen) atoms. The SMILES string of the molecule is C#CC(C)(NC(=O)c1cn(-c2ccc3c(c2)CN(C2CCC(=O)NC2=O)C3=O)nn1)C1CCCCC1. The molecular formula is C26H28N6O4. The average Bonchev–Trinajstić information content (AvgIpc) is 3.50. The summed E-state index contributed by atoms with van der Waals surface area (Å²) >= 11 is 0. The average molecular weight is 489 g/mol. The van der Waals surface area contributed by atoms with Gasteiger partial charge in [-0.15, -0.1) is 11.5 Å². The molecule has 2 N–H and O–H groups in total. The van der Waals surface area contributed by atoms with Crippen LogP contribution in [-0.4, -0.2) is 55.1 Å². The van der Waals surface area contributed by atoms with Gasteiger partial charge in [0.2, 0.25) is 11.8 Å². The van der Waals surface area contributed by atoms with Crippen molar-refractivity contribution in [2.45, 2.75) is 70.0 Å². The largest absolute Gasteiger partial charge is 0.334 e. The Morgan fingerprint density at radius 1 is 1.19 bits per heavy atom. The van der Waals surface area contributed by atoms with Gasteiger partial charge in [-0.25, -0.2) is 4.68 Å². The van der Waals surface area contributed by atoms with E-state index in [1.807, 2.05) is 6.92 Å². The van der Waals surface area contributed by atoms with Crippen LogP contribution in [0.3, 0.4) is 0 Å². The topological polar surface area (TPSA) is 126 Å². The van der Waals surface area contributed by atoms with E-state index in [0.29, 0.717) is 17.7 Å². The number of hydrogen-bond donors (Lipinski definition) is 2. The van der Waals surface area contributed by atoms with Crippen LogP contribution in [0.4, 0.5) is 0 Å². The molecule has 10 heteroatoms. The number of imide groups is 1. The summed E-state index contributed by atoms with van der Waals surface area (Å²) in [4.78, 5) is 51.1. The minimum atomic E-state index is -0.755. The molecule has 4 amide bonds. The van der Waals surface area contributed by atoms with Crippen molar-refractivity contribution < 1.29 is 19.2 Å². The van der Waals surface area contributed by atoms with Crippen molar-refractivity contribution in [1.82, 2.24) is 30.5 Å². The van der Waals surface area contributed by atoms with E-state index >= 15 is 0 Å². The highest BCUT2D eigenvalue weighted by molar-refractivity contribution is 6.05. The molecule has 0 spiro atoms. The number of fused-ring (bicyclic) bond motifs is 1. The van der Waals surface area contributed by atoms with Crippen molar-refractivity contribution in [1.29, 1.82) is 0 Å². The van der Waals surface area contributed by atoms with E-state index in [0.717, 1.165) is 31.2 Å². The van der Waals surface area contributed by atoms with Crippen molar-refractivity contribution in [3.05, 3.63) is 41.2 Å². The summed E-state index contributed by atoms with van der Waals surface area (Å²) in [5.74, 6) is 1.60. The number of carbonyl (C=O) groups excluding carboxylic acids is 4. The number of rotatable bonds is 5. The van der Waals surface area contributed by atoms with Gasteiger partial charge in [-0.2, -0.15) is 0 Å². The van der Waals surface area contributed by atoms with Crippen molar-refractivity contribution >= 4 is 23.6 Å². The number of amides is 4. The number of carbonyl (C=O) groups is 4. The van der Waals surface area contributed by atoms with E-state index in [1.54, 1.807) is 18.2 Å². The highest BCUT2D eigenvalue weighted by atomic mass is 16.2. The molecule has 3 heterocycles. The highest BCUT2D eigenvalue weighted by Gasteiger charge is 2.39. The van der Waals surface area contributed by atoms with E-state index in [-0.39, 0.29) is 42.3 Å². The minimum absolute atomic E-state index is 0.147. The summed E-state index contributed by atoms with van der Waals surface area (Å²) in [6.07, 6.45) is 13.2. The standard InChI is InChI=1S/C26H28N6O4/c1-3-26(2,17-7-5-4-6-8-17)28-23(34)20-15-32(30-29-20)18-9-10-19-16(13-18)14-31(25(19)36)21-11-12-22(33)27-24(21)35/h1,9-10,13,15,17,21H,4-8,11-12,14H2,2H3,(H,28,34)(H,27,33,35). The maximum Gasteiger partial charge on any atom is 0.274 e. The maximum atomic E-state index is 13.0. The third kappa shape index (κ3) is 4.26. The van der Waals surface area contributed by atoms with Crippen LogP contribution in [0.25, 0.3) is 5.69 Å². The Balaban J connectivity index is 1.31. The normalized spacial score (nSPS) is 21.9. The van der Waals surface area contributed by atoms with E-state index in [9.17, 15) is 19.2 Å². The van der Waals surface area contributed by atoms with E-state index in [4.69, 9.17) is 6.42 Å². The zero-order chi connectivity index (χ0) is 25.4. The predicted molar refractivity (Wildman–Crippen MR) is 129 cm³/mol. The van der Waals surface area contributed by atoms with Crippen LogP contribution in [0.1, 0.15) is 78.3 Å². The Labute approximate surface area is 208 Å². The van der Waals surface area contributed by atoms with Gasteiger partial charge in [-0.3, -0.25) is 24.5 Å². The zero-order valence-corrected chi connectivity index (χ0v) is 20.1. The molecule has 186 valence electrons. The fourth-order valence-corrected chi connectivity index (χ4v) is 5.43. The number of hydrogen-bond acceptors (Lipinski definition) is 6. The molecule has 2 fully saturated rings. The third-order valence-electron chi connectivity index (χ3n) is 7.59. The van der Waals surface area contributed by atoms with Crippen LogP contribution in [0.5, 0.6) is 0 Å². The lowest BCUT2D eigenvalue weighted by Gasteiger charge is -2.36. The molecule has 2 unspecified atom stereocenters. The Kier molecular flexibility index (Phi) is 6.08. The molecule has 0 bridgehead atoms. The van der Waals surface area contributed by atoms with Crippen molar-refractivity contribution in [2.75, 3.05) is 0 Å². The molecule has 1 saturated carbocycles. The fourth-order valence-electron chi connectivity index (χ4n) is 5.43. The summed E-state index contributed by atoms with van der Waals surface area (Å²) in [7, 11) is 0. The van der Waals surface area contributed by atoms with Crippen LogP contribution < -0.4 is 10.6 Å². The van der Waals surface area contributed by atoms with Gasteiger partial charge in [0.15, 0.2) is 5.69 Å². The van der Waals surface area contributed by atoms with Gasteiger partial charge in [0, 0.05) is 18.5 Å². The van der Waals surface area contributed by atoms with Gasteiger partial charge in [0.05, 0.1) is 11.9 Å². The second-order valence-electron chi connectivity index (χ2n) is 9.93. The number of piperidine rings is 1. The monoisotopic (exact) mass is 488 g/mol. The summed E-state index contributed by atoms with van der Waals surface area (Å²) in [5.41, 5.74) is 1.26. The number of aromatic nitrogens is 3. The lowest BCUT2D eigenvalue weighted by molar-refractivity contribution is -0.136. The van der Waals surface area contributed by atoms with Crippen LogP contribution >= 0.6 is 0 Å². The number of terminal acetylenes is 1. The van der Waals surface area contributed by atoms with Gasteiger partial charge in [-0.05, 0) is 55.9 Å². The molecule has 3 aliphatic rings. The van der Waals surface area contributed by atoms with Gasteiger partial charge < -0.3 is 10.2 Å². The molecule has 1 saturated heterocycles. The molecular weight excluding hydrogens is 460 g/mol. The second-order valence-corrected chi connectivity index (χ2v) is 9.93. The lowest BCUT2D eigenvalue weighted by atomic mass is 9.76. The minimum Gasteiger partial charge on any atom is -0.334 e. The van der Waals surface area contributed by atoms with Crippen LogP contribution in [0.2, 0.25) is 0 Å². The van der Waals surface area contributed by atoms with Gasteiger partial charge in [0.1, 0.15) is 11.6 Å². The number of benzene rings is 1. The lowest BCUT2D eigenvalue weighted by Crippen LogP contribution is -2.52. The molecule has 1 aromatic heterocycles. The first kappa shape index (κ1) is 23.7. The van der Waals surface area contributed by atoms with Crippen molar-refractivity contribution in [2.24, 2.45) is 5.92 Å². The number of nitrogens with zero attached hydrogens (tertiary/aromatic N) is 4. The molecule has 1 aromatic carbocycles. The summed E-state index contributed by atoms with van der Waals surface area (Å²) < 4.78 is 1.47. The van der Waals surface area contributed by atoms with Crippen molar-refractivity contribution in [3.63, 3.8) is 0 Å². The van der Waals surface area contributed by atoms with Crippen LogP contribution in [0.15, 0.2) is 24.4 Å². The summed E-state index contributed by atoms with van der Waals surface area (Å²) in [6, 6.07) is 4.51. The van der Waals surface area contributed by atoms with Crippen molar-refractivity contribution in [3.8, 4) is 18.0 Å². The molecule has 10 nitrogen and oxygen atoms in total. The summed E-state index contributed by atoms with van der Waals surface area (Å²) in [5, 5.41) is 13.4. The smallest absolute Gasteiger partial charge is 0.274 e. The second kappa shape index (κ2) is 9.22. The van der Waals surface area contributed by atoms with Crippen LogP contribution in [-0.2, 0) is 16.1 Å². The maximum absolute atomic E-state index is 13.0. The van der Waals surface area contributed by atoms with Crippen LogP contribution in [0, 0.1) is 18.3 Å². The van der Waals surface area contributed by atoms with E-state index in [1.165, 1.54) is 22.2 Å². The fraction of sp³-hybridized carbons (Fsp3) is 0.462. The Hall–Kier alpha value is -4.00. The Bertz CT molecular complexity index is 1290. The molecule has 2 aromatic rings. The third-order valence-corrected chi connectivity index (χ3v) is 7.59. The Morgan fingerprint density at radius 3 is 2.69 bits per heavy atom. The highest BCUT2D eigenvalue weighted by Crippen LogP contribution is 2.33. The molecule has 5 rings (SSSR count). The van der Waals surface area contributed by atoms with E-state index in [2.05, 4.69) is 26.9 Å². The first-order valence-electron chi connectivity index (χ1n) is 12.3. The zero-order valence-electron chi connectivity index (χ0n) is 20.1. The molecule has 2 aliphatic heterocycles. The molecule has 1 aliphatic carbocycles. The van der Waals surface area contributed by atoms with E-state index < -0.39 is 17.5 Å². The van der Waals surface area contributed by atoms with Gasteiger partial charge >= 0.3 is 0 Å². The quantitative estimate of drug-likeness (QED) is 0.488. The summed E-state index contributed by atoms with van der Waals surface area (Å²) in [6.45, 7) is 2.13.